The average molecular weight is 497 g/mol. The van der Waals surface area contributed by atoms with Gasteiger partial charge in [-0.15, -0.1) is 0 Å². The first kappa shape index (κ1) is 25.8. The van der Waals surface area contributed by atoms with Gasteiger partial charge in [0.05, 0.1) is 0 Å². The summed E-state index contributed by atoms with van der Waals surface area (Å²) < 4.78 is 25.6. The summed E-state index contributed by atoms with van der Waals surface area (Å²) in [6.45, 7) is 6.80. The van der Waals surface area contributed by atoms with E-state index in [4.69, 9.17) is 0 Å². The maximum absolute atomic E-state index is 12.8. The molecule has 36 heavy (non-hydrogen) atoms. The van der Waals surface area contributed by atoms with Crippen molar-refractivity contribution in [2.24, 2.45) is 0 Å². The maximum Gasteiger partial charge on any atom is 0.123 e. The van der Waals surface area contributed by atoms with Crippen LogP contribution >= 0.6 is 0 Å². The molecular formula is C30H42F2N4. The predicted octanol–water partition coefficient (Wildman–Crippen LogP) is 5.08. The SMILES string of the molecule is Fc1ccc(CN[C@@H]2CCN3CCC[C@H]3C2)cc1.Fc1ccc(CN[C@H]2CCN3CCC[C@H]3C2)cc1. The van der Waals surface area contributed by atoms with E-state index in [0.29, 0.717) is 12.1 Å². The fraction of sp³-hybridized carbons (Fsp3) is 0.600. The van der Waals surface area contributed by atoms with Crippen molar-refractivity contribution in [2.45, 2.75) is 88.6 Å². The normalized spacial score (nSPS) is 28.3. The minimum Gasteiger partial charge on any atom is -0.310 e. The number of nitrogens with zero attached hydrogens (tertiary/aromatic N) is 2. The van der Waals surface area contributed by atoms with Gasteiger partial charge in [0.1, 0.15) is 11.6 Å². The smallest absolute Gasteiger partial charge is 0.123 e. The Morgan fingerprint density at radius 3 is 1.42 bits per heavy atom. The lowest BCUT2D eigenvalue weighted by Gasteiger charge is -2.35. The summed E-state index contributed by atoms with van der Waals surface area (Å²) in [5, 5.41) is 7.24. The second-order valence-electron chi connectivity index (χ2n) is 11.1. The Morgan fingerprint density at radius 1 is 0.583 bits per heavy atom. The fourth-order valence-corrected chi connectivity index (χ4v) is 6.55. The highest BCUT2D eigenvalue weighted by atomic mass is 19.1. The Labute approximate surface area is 215 Å². The molecule has 196 valence electrons. The maximum atomic E-state index is 12.8. The molecule has 0 bridgehead atoms. The summed E-state index contributed by atoms with van der Waals surface area (Å²) in [5.74, 6) is -0.309. The van der Waals surface area contributed by atoms with Gasteiger partial charge in [-0.25, -0.2) is 8.78 Å². The van der Waals surface area contributed by atoms with Crippen molar-refractivity contribution in [3.05, 3.63) is 71.3 Å². The predicted molar refractivity (Wildman–Crippen MR) is 142 cm³/mol. The molecule has 4 heterocycles. The Balaban J connectivity index is 0.000000148. The molecule has 0 aromatic heterocycles. The third-order valence-corrected chi connectivity index (χ3v) is 8.66. The zero-order valence-corrected chi connectivity index (χ0v) is 21.5. The quantitative estimate of drug-likeness (QED) is 0.584. The summed E-state index contributed by atoms with van der Waals surface area (Å²) in [4.78, 5) is 5.27. The Morgan fingerprint density at radius 2 is 1.00 bits per heavy atom. The van der Waals surface area contributed by atoms with Crippen molar-refractivity contribution in [2.75, 3.05) is 26.2 Å². The third-order valence-electron chi connectivity index (χ3n) is 8.66. The Kier molecular flexibility index (Phi) is 9.02. The molecule has 4 nitrogen and oxygen atoms in total. The number of halogens is 2. The summed E-state index contributed by atoms with van der Waals surface area (Å²) in [6.07, 6.45) is 10.5. The molecule has 2 aromatic carbocycles. The van der Waals surface area contributed by atoms with Crippen LogP contribution in [0.3, 0.4) is 0 Å². The standard InChI is InChI=1S/2C15H21FN2/c2*16-13-5-3-12(4-6-13)11-17-14-7-9-18-8-1-2-15(18)10-14/h2*3-6,14-15,17H,1-2,7-11H2/t14-,15+;14-,15-/m10/s1. The lowest BCUT2D eigenvalue weighted by Crippen LogP contribution is -2.45. The van der Waals surface area contributed by atoms with Gasteiger partial charge in [0.25, 0.3) is 0 Å². The number of benzene rings is 2. The summed E-state index contributed by atoms with van der Waals surface area (Å²) in [6, 6.07) is 16.5. The summed E-state index contributed by atoms with van der Waals surface area (Å²) in [5.41, 5.74) is 2.34. The first-order valence-electron chi connectivity index (χ1n) is 14.1. The molecule has 6 heteroatoms. The molecule has 4 aliphatic heterocycles. The van der Waals surface area contributed by atoms with Gasteiger partial charge in [-0.2, -0.15) is 0 Å². The van der Waals surface area contributed by atoms with Crippen LogP contribution in [0.5, 0.6) is 0 Å². The Hall–Kier alpha value is -1.86. The first-order valence-corrected chi connectivity index (χ1v) is 14.1. The monoisotopic (exact) mass is 496 g/mol. The zero-order valence-electron chi connectivity index (χ0n) is 21.5. The molecule has 4 saturated heterocycles. The molecule has 4 fully saturated rings. The first-order chi connectivity index (χ1) is 17.6. The molecule has 0 radical (unpaired) electrons. The van der Waals surface area contributed by atoms with Crippen LogP contribution in [0.25, 0.3) is 0 Å². The number of piperidine rings is 2. The van der Waals surface area contributed by atoms with Crippen molar-refractivity contribution in [1.29, 1.82) is 0 Å². The molecule has 4 atom stereocenters. The molecule has 0 unspecified atom stereocenters. The molecule has 2 N–H and O–H groups in total. The highest BCUT2D eigenvalue weighted by Gasteiger charge is 2.32. The molecular weight excluding hydrogens is 454 g/mol. The second kappa shape index (κ2) is 12.6. The largest absolute Gasteiger partial charge is 0.310 e. The van der Waals surface area contributed by atoms with E-state index in [1.807, 2.05) is 24.3 Å². The van der Waals surface area contributed by atoms with E-state index in [1.54, 1.807) is 0 Å². The molecule has 6 rings (SSSR count). The Bertz CT molecular complexity index is 857. The van der Waals surface area contributed by atoms with E-state index >= 15 is 0 Å². The van der Waals surface area contributed by atoms with Gasteiger partial charge in [-0.3, -0.25) is 0 Å². The van der Waals surface area contributed by atoms with Gasteiger partial charge >= 0.3 is 0 Å². The number of hydrogen-bond acceptors (Lipinski definition) is 4. The molecule has 4 aliphatic rings. The lowest BCUT2D eigenvalue weighted by molar-refractivity contribution is 0.166. The third kappa shape index (κ3) is 7.12. The van der Waals surface area contributed by atoms with Gasteiger partial charge in [-0.1, -0.05) is 24.3 Å². The van der Waals surface area contributed by atoms with Crippen LogP contribution in [0.15, 0.2) is 48.5 Å². The number of rotatable bonds is 6. The summed E-state index contributed by atoms with van der Waals surface area (Å²) in [7, 11) is 0. The molecule has 2 aromatic rings. The van der Waals surface area contributed by atoms with Gasteiger partial charge in [-0.05, 0) is 113 Å². The lowest BCUT2D eigenvalue weighted by atomic mass is 9.97. The highest BCUT2D eigenvalue weighted by Crippen LogP contribution is 2.28. The van der Waals surface area contributed by atoms with E-state index in [-0.39, 0.29) is 11.6 Å². The van der Waals surface area contributed by atoms with E-state index in [2.05, 4.69) is 20.4 Å². The van der Waals surface area contributed by atoms with E-state index in [0.717, 1.165) is 25.2 Å². The topological polar surface area (TPSA) is 30.5 Å². The molecule has 0 saturated carbocycles. The number of hydrogen-bond donors (Lipinski definition) is 2. The van der Waals surface area contributed by atoms with Crippen LogP contribution in [0.4, 0.5) is 8.78 Å². The summed E-state index contributed by atoms with van der Waals surface area (Å²) >= 11 is 0. The minimum atomic E-state index is -0.155. The van der Waals surface area contributed by atoms with Gasteiger partial charge in [0.2, 0.25) is 0 Å². The number of nitrogens with one attached hydrogen (secondary N) is 2. The zero-order chi connectivity index (χ0) is 24.7. The van der Waals surface area contributed by atoms with Crippen molar-refractivity contribution >= 4 is 0 Å². The molecule has 0 amide bonds. The van der Waals surface area contributed by atoms with Gasteiger partial charge in [0, 0.05) is 37.3 Å². The van der Waals surface area contributed by atoms with Crippen molar-refractivity contribution in [1.82, 2.24) is 20.4 Å². The molecule has 0 aliphatic carbocycles. The second-order valence-corrected chi connectivity index (χ2v) is 11.1. The van der Waals surface area contributed by atoms with Gasteiger partial charge in [0.15, 0.2) is 0 Å². The van der Waals surface area contributed by atoms with Crippen molar-refractivity contribution in [3.63, 3.8) is 0 Å². The van der Waals surface area contributed by atoms with Gasteiger partial charge < -0.3 is 20.4 Å². The molecule has 0 spiro atoms. The van der Waals surface area contributed by atoms with Crippen LogP contribution in [0, 0.1) is 11.6 Å². The highest BCUT2D eigenvalue weighted by molar-refractivity contribution is 5.16. The average Bonchev–Trinajstić information content (AvgIpc) is 3.57. The van der Waals surface area contributed by atoms with Crippen molar-refractivity contribution in [3.8, 4) is 0 Å². The van der Waals surface area contributed by atoms with Crippen LogP contribution in [-0.4, -0.2) is 60.1 Å². The van der Waals surface area contributed by atoms with E-state index in [9.17, 15) is 8.78 Å². The van der Waals surface area contributed by atoms with Crippen LogP contribution in [-0.2, 0) is 13.1 Å². The number of fused-ring (bicyclic) bond motifs is 2. The van der Waals surface area contributed by atoms with Crippen LogP contribution < -0.4 is 10.6 Å². The fourth-order valence-electron chi connectivity index (χ4n) is 6.55. The minimum absolute atomic E-state index is 0.155. The van der Waals surface area contributed by atoms with E-state index in [1.165, 1.54) is 113 Å². The van der Waals surface area contributed by atoms with E-state index < -0.39 is 0 Å². The van der Waals surface area contributed by atoms with Crippen LogP contribution in [0.2, 0.25) is 0 Å². The van der Waals surface area contributed by atoms with Crippen molar-refractivity contribution < 1.29 is 8.78 Å². The van der Waals surface area contributed by atoms with Crippen LogP contribution in [0.1, 0.15) is 62.5 Å².